The first-order chi connectivity index (χ1) is 16.9. The highest BCUT2D eigenvalue weighted by Crippen LogP contribution is 2.49. The Balaban J connectivity index is 1.78. The number of hydrogen-bond acceptors (Lipinski definition) is 5. The van der Waals surface area contributed by atoms with Crippen LogP contribution in [0.3, 0.4) is 0 Å². The lowest BCUT2D eigenvalue weighted by molar-refractivity contribution is 0.0725. The van der Waals surface area contributed by atoms with Crippen LogP contribution in [-0.4, -0.2) is 20.3 Å². The summed E-state index contributed by atoms with van der Waals surface area (Å²) in [4.78, 5) is 13.7. The monoisotopic (exact) mass is 504 g/mol. The zero-order valence-electron chi connectivity index (χ0n) is 18.7. The molecule has 0 saturated heterocycles. The van der Waals surface area contributed by atoms with E-state index >= 15 is 0 Å². The summed E-state index contributed by atoms with van der Waals surface area (Å²) in [6.45, 7) is 1.88. The molecule has 35 heavy (non-hydrogen) atoms. The van der Waals surface area contributed by atoms with E-state index in [1.807, 2.05) is 13.0 Å². The van der Waals surface area contributed by atoms with Crippen LogP contribution in [0.25, 0.3) is 5.76 Å². The summed E-state index contributed by atoms with van der Waals surface area (Å²) >= 11 is 6.57. The van der Waals surface area contributed by atoms with Crippen LogP contribution in [0.1, 0.15) is 33.2 Å². The Morgan fingerprint density at radius 1 is 0.857 bits per heavy atom. The van der Waals surface area contributed by atoms with Crippen molar-refractivity contribution in [3.05, 3.63) is 130 Å². The molecule has 5 nitrogen and oxygen atoms in total. The van der Waals surface area contributed by atoms with Crippen LogP contribution in [-0.2, 0) is 14.6 Å². The quantitative estimate of drug-likeness (QED) is 0.282. The minimum absolute atomic E-state index is 0.00874. The summed E-state index contributed by atoms with van der Waals surface area (Å²) < 4.78 is 39.9. The molecule has 0 aliphatic carbocycles. The molecular formula is C28H21ClO5S. The van der Waals surface area contributed by atoms with Crippen molar-refractivity contribution < 1.29 is 22.4 Å². The van der Waals surface area contributed by atoms with E-state index in [2.05, 4.69) is 0 Å². The number of furan rings is 1. The number of carbonyl (C=O) groups excluding carboxylic acids is 1. The van der Waals surface area contributed by atoms with E-state index < -0.39 is 27.6 Å². The Kier molecular flexibility index (Phi) is 6.09. The molecule has 4 aromatic rings. The molecule has 0 N–H and O–H groups in total. The molecule has 2 atom stereocenters. The number of ether oxygens (including phenoxy) is 1. The number of carbonyl (C=O) groups is 1. The van der Waals surface area contributed by atoms with Gasteiger partial charge in [0.1, 0.15) is 10.7 Å². The van der Waals surface area contributed by atoms with Gasteiger partial charge in [-0.1, -0.05) is 77.8 Å². The molecule has 0 amide bonds. The maximum atomic E-state index is 14.2. The third-order valence-corrected chi connectivity index (χ3v) is 8.23. The number of halogens is 1. The van der Waals surface area contributed by atoms with Gasteiger partial charge >= 0.3 is 0 Å². The highest BCUT2D eigenvalue weighted by molar-refractivity contribution is 7.95. The zero-order chi connectivity index (χ0) is 24.6. The molecule has 1 aromatic heterocycles. The lowest BCUT2D eigenvalue weighted by Gasteiger charge is -2.21. The second-order valence-corrected chi connectivity index (χ2v) is 10.6. The van der Waals surface area contributed by atoms with Gasteiger partial charge in [0.15, 0.2) is 11.9 Å². The van der Waals surface area contributed by atoms with E-state index in [0.717, 1.165) is 5.56 Å². The van der Waals surface area contributed by atoms with Crippen molar-refractivity contribution in [3.63, 3.8) is 0 Å². The van der Waals surface area contributed by atoms with Crippen LogP contribution in [0.2, 0.25) is 5.02 Å². The first-order valence-corrected chi connectivity index (χ1v) is 12.8. The molecule has 1 aliphatic heterocycles. The largest absolute Gasteiger partial charge is 0.479 e. The van der Waals surface area contributed by atoms with Crippen LogP contribution in [0.5, 0.6) is 0 Å². The van der Waals surface area contributed by atoms with Gasteiger partial charge < -0.3 is 9.15 Å². The van der Waals surface area contributed by atoms with Crippen molar-refractivity contribution in [3.8, 4) is 0 Å². The number of ketones is 1. The molecular weight excluding hydrogens is 484 g/mol. The lowest BCUT2D eigenvalue weighted by Crippen LogP contribution is -2.28. The van der Waals surface area contributed by atoms with Gasteiger partial charge in [0, 0.05) is 10.6 Å². The summed E-state index contributed by atoms with van der Waals surface area (Å²) in [7, 11) is -4.09. The standard InChI is InChI=1S/C28H21ClO5S/c1-18-13-15-20(16-14-18)35(31,32)28-24(21-10-5-6-11-22(21)29)27(25(30)23-12-7-17-33-23)34-26(28)19-8-3-2-4-9-19/h2-17,24,27H,1H3/t24-,27+/m1/s1. The van der Waals surface area contributed by atoms with E-state index in [4.69, 9.17) is 20.8 Å². The number of Topliss-reactive ketones (excluding diaryl/α,β-unsaturated/α-hetero) is 1. The second-order valence-electron chi connectivity index (χ2n) is 8.26. The lowest BCUT2D eigenvalue weighted by atomic mass is 9.90. The van der Waals surface area contributed by atoms with Crippen molar-refractivity contribution in [1.29, 1.82) is 0 Å². The minimum Gasteiger partial charge on any atom is -0.479 e. The Hall–Kier alpha value is -3.61. The maximum Gasteiger partial charge on any atom is 0.239 e. The number of hydrogen-bond donors (Lipinski definition) is 0. The van der Waals surface area contributed by atoms with Gasteiger partial charge in [-0.15, -0.1) is 0 Å². The number of benzene rings is 3. The topological polar surface area (TPSA) is 73.6 Å². The average molecular weight is 505 g/mol. The Morgan fingerprint density at radius 2 is 1.54 bits per heavy atom. The molecule has 1 aliphatic rings. The summed E-state index contributed by atoms with van der Waals surface area (Å²) in [5.41, 5.74) is 1.96. The molecule has 5 rings (SSSR count). The third-order valence-electron chi connectivity index (χ3n) is 5.97. The zero-order valence-corrected chi connectivity index (χ0v) is 20.3. The van der Waals surface area contributed by atoms with Crippen LogP contribution in [0, 0.1) is 6.92 Å². The van der Waals surface area contributed by atoms with Crippen molar-refractivity contribution >= 4 is 33.0 Å². The normalized spacial score (nSPS) is 17.9. The Labute approximate surface area is 208 Å². The molecule has 0 unspecified atom stereocenters. The number of rotatable bonds is 6. The average Bonchev–Trinajstić information content (AvgIpc) is 3.54. The van der Waals surface area contributed by atoms with Gasteiger partial charge in [0.05, 0.1) is 17.1 Å². The molecule has 2 heterocycles. The third kappa shape index (κ3) is 4.20. The SMILES string of the molecule is Cc1ccc(S(=O)(=O)C2=C(c3ccccc3)O[C@H](C(=O)c3ccco3)[C@H]2c2ccccc2Cl)cc1. The highest BCUT2D eigenvalue weighted by Gasteiger charge is 2.49. The van der Waals surface area contributed by atoms with Crippen molar-refractivity contribution in [1.82, 2.24) is 0 Å². The van der Waals surface area contributed by atoms with Gasteiger partial charge in [-0.25, -0.2) is 8.42 Å². The Bertz CT molecular complexity index is 1510. The molecule has 0 bridgehead atoms. The van der Waals surface area contributed by atoms with E-state index in [-0.39, 0.29) is 21.3 Å². The fraction of sp³-hybridized carbons (Fsp3) is 0.107. The van der Waals surface area contributed by atoms with E-state index in [1.165, 1.54) is 12.3 Å². The van der Waals surface area contributed by atoms with E-state index in [1.54, 1.807) is 78.9 Å². The summed E-state index contributed by atoms with van der Waals surface area (Å²) in [5.74, 6) is -1.25. The van der Waals surface area contributed by atoms with Gasteiger partial charge in [0.25, 0.3) is 0 Å². The Morgan fingerprint density at radius 3 is 2.20 bits per heavy atom. The van der Waals surface area contributed by atoms with E-state index in [0.29, 0.717) is 16.1 Å². The van der Waals surface area contributed by atoms with Gasteiger partial charge in [-0.05, 0) is 42.8 Å². The molecule has 176 valence electrons. The fourth-order valence-corrected chi connectivity index (χ4v) is 6.26. The van der Waals surface area contributed by atoms with E-state index in [9.17, 15) is 13.2 Å². The van der Waals surface area contributed by atoms with Gasteiger partial charge in [0.2, 0.25) is 15.6 Å². The molecule has 0 radical (unpaired) electrons. The molecule has 0 saturated carbocycles. The second kappa shape index (κ2) is 9.21. The van der Waals surface area contributed by atoms with Crippen LogP contribution in [0.15, 0.2) is 111 Å². The highest BCUT2D eigenvalue weighted by atomic mass is 35.5. The van der Waals surface area contributed by atoms with Gasteiger partial charge in [-0.2, -0.15) is 0 Å². The van der Waals surface area contributed by atoms with Crippen LogP contribution >= 0.6 is 11.6 Å². The van der Waals surface area contributed by atoms with Crippen molar-refractivity contribution in [2.75, 3.05) is 0 Å². The molecule has 7 heteroatoms. The predicted molar refractivity (Wildman–Crippen MR) is 134 cm³/mol. The molecule has 0 fully saturated rings. The maximum absolute atomic E-state index is 14.2. The predicted octanol–water partition coefficient (Wildman–Crippen LogP) is 6.45. The molecule has 0 spiro atoms. The van der Waals surface area contributed by atoms with Crippen LogP contribution in [0.4, 0.5) is 0 Å². The number of aryl methyl sites for hydroxylation is 1. The molecule has 3 aromatic carbocycles. The summed E-state index contributed by atoms with van der Waals surface area (Å²) in [6, 6.07) is 25.5. The summed E-state index contributed by atoms with van der Waals surface area (Å²) in [5, 5.41) is 0.337. The van der Waals surface area contributed by atoms with Crippen molar-refractivity contribution in [2.45, 2.75) is 23.8 Å². The van der Waals surface area contributed by atoms with Crippen molar-refractivity contribution in [2.24, 2.45) is 0 Å². The number of sulfone groups is 1. The minimum atomic E-state index is -4.09. The van der Waals surface area contributed by atoms with Gasteiger partial charge in [-0.3, -0.25) is 4.79 Å². The first-order valence-electron chi connectivity index (χ1n) is 11.0. The first kappa shape index (κ1) is 23.1. The summed E-state index contributed by atoms with van der Waals surface area (Å²) in [6.07, 6.45) is 0.203. The smallest absolute Gasteiger partial charge is 0.239 e. The fourth-order valence-electron chi connectivity index (χ4n) is 4.26. The van der Waals surface area contributed by atoms with Crippen LogP contribution < -0.4 is 0 Å².